The molecule has 1 unspecified atom stereocenters. The molecule has 1 aromatic carbocycles. The van der Waals surface area contributed by atoms with Crippen LogP contribution in [0.2, 0.25) is 0 Å². The van der Waals surface area contributed by atoms with Crippen molar-refractivity contribution < 1.29 is 14.7 Å². The number of hydrogen-bond acceptors (Lipinski definition) is 3. The zero-order valence-electron chi connectivity index (χ0n) is 12.4. The minimum atomic E-state index is -1.04. The van der Waals surface area contributed by atoms with E-state index in [1.807, 2.05) is 7.05 Å². The Morgan fingerprint density at radius 1 is 1.43 bits per heavy atom. The van der Waals surface area contributed by atoms with Crippen LogP contribution >= 0.6 is 0 Å². The van der Waals surface area contributed by atoms with Gasteiger partial charge in [0, 0.05) is 19.6 Å². The molecule has 6 nitrogen and oxygen atoms in total. The van der Waals surface area contributed by atoms with Gasteiger partial charge in [-0.15, -0.1) is 0 Å². The van der Waals surface area contributed by atoms with E-state index in [9.17, 15) is 9.59 Å². The van der Waals surface area contributed by atoms with Crippen LogP contribution in [0.25, 0.3) is 0 Å². The molecule has 1 heterocycles. The average Bonchev–Trinajstić information content (AvgIpc) is 2.89. The number of aromatic carboxylic acids is 1. The third-order valence-electron chi connectivity index (χ3n) is 3.96. The summed E-state index contributed by atoms with van der Waals surface area (Å²) in [7, 11) is 3.63. The maximum atomic E-state index is 12.2. The molecule has 0 aliphatic carbocycles. The van der Waals surface area contributed by atoms with Crippen LogP contribution in [0.4, 0.5) is 10.5 Å². The van der Waals surface area contributed by atoms with Gasteiger partial charge in [0.15, 0.2) is 0 Å². The molecule has 1 aromatic rings. The first-order valence-electron chi connectivity index (χ1n) is 7.05. The second-order valence-corrected chi connectivity index (χ2v) is 5.34. The molecule has 114 valence electrons. The molecule has 0 aromatic heterocycles. The van der Waals surface area contributed by atoms with E-state index in [0.717, 1.165) is 19.4 Å². The lowest BCUT2D eigenvalue weighted by molar-refractivity contribution is 0.0697. The summed E-state index contributed by atoms with van der Waals surface area (Å²) in [5.41, 5.74) is 0.510. The van der Waals surface area contributed by atoms with Gasteiger partial charge in [0.25, 0.3) is 0 Å². The molecular weight excluding hydrogens is 270 g/mol. The van der Waals surface area contributed by atoms with Crippen LogP contribution in [-0.2, 0) is 0 Å². The van der Waals surface area contributed by atoms with Gasteiger partial charge in [-0.3, -0.25) is 4.90 Å². The number of likely N-dealkylation sites (N-methyl/N-ethyl adjacent to an activating group) is 1. The summed E-state index contributed by atoms with van der Waals surface area (Å²) < 4.78 is 0. The SMILES string of the molecule is CN(C(=O)NCC1CCCN1C)c1ccccc1C(=O)O. The quantitative estimate of drug-likeness (QED) is 0.884. The molecular formula is C15H21N3O3. The Balaban J connectivity index is 2.01. The third-order valence-corrected chi connectivity index (χ3v) is 3.96. The Labute approximate surface area is 124 Å². The number of carboxylic acid groups (broad SMARTS) is 1. The van der Waals surface area contributed by atoms with Crippen LogP contribution in [0.15, 0.2) is 24.3 Å². The van der Waals surface area contributed by atoms with Crippen molar-refractivity contribution in [3.8, 4) is 0 Å². The molecule has 1 aliphatic heterocycles. The lowest BCUT2D eigenvalue weighted by Gasteiger charge is -2.23. The largest absolute Gasteiger partial charge is 0.478 e. The Hall–Kier alpha value is -2.08. The summed E-state index contributed by atoms with van der Waals surface area (Å²) in [5, 5.41) is 12.0. The lowest BCUT2D eigenvalue weighted by atomic mass is 10.1. The number of hydrogen-bond donors (Lipinski definition) is 2. The molecule has 0 bridgehead atoms. The zero-order chi connectivity index (χ0) is 15.4. The van der Waals surface area contributed by atoms with Crippen molar-refractivity contribution in [2.75, 3.05) is 32.1 Å². The van der Waals surface area contributed by atoms with Crippen LogP contribution in [0.1, 0.15) is 23.2 Å². The van der Waals surface area contributed by atoms with E-state index < -0.39 is 5.97 Å². The zero-order valence-corrected chi connectivity index (χ0v) is 12.4. The van der Waals surface area contributed by atoms with Crippen LogP contribution in [0.5, 0.6) is 0 Å². The molecule has 0 spiro atoms. The van der Waals surface area contributed by atoms with Gasteiger partial charge in [0.05, 0.1) is 11.3 Å². The monoisotopic (exact) mass is 291 g/mol. The predicted molar refractivity (Wildman–Crippen MR) is 80.9 cm³/mol. The van der Waals surface area contributed by atoms with Gasteiger partial charge in [0.1, 0.15) is 0 Å². The number of likely N-dealkylation sites (tertiary alicyclic amines) is 1. The van der Waals surface area contributed by atoms with Gasteiger partial charge in [-0.05, 0) is 38.6 Å². The van der Waals surface area contributed by atoms with Crippen LogP contribution < -0.4 is 10.2 Å². The molecule has 2 N–H and O–H groups in total. The number of carboxylic acids is 1. The first-order valence-corrected chi connectivity index (χ1v) is 7.05. The number of urea groups is 1. The van der Waals surface area contributed by atoms with E-state index >= 15 is 0 Å². The number of nitrogens with one attached hydrogen (secondary N) is 1. The molecule has 21 heavy (non-hydrogen) atoms. The van der Waals surface area contributed by atoms with Crippen molar-refractivity contribution in [3.05, 3.63) is 29.8 Å². The fourth-order valence-corrected chi connectivity index (χ4v) is 2.62. The molecule has 0 radical (unpaired) electrons. The van der Waals surface area contributed by atoms with Gasteiger partial charge in [-0.25, -0.2) is 9.59 Å². The van der Waals surface area contributed by atoms with E-state index in [0.29, 0.717) is 18.3 Å². The first-order chi connectivity index (χ1) is 10.0. The number of carbonyl (C=O) groups is 2. The maximum Gasteiger partial charge on any atom is 0.337 e. The van der Waals surface area contributed by atoms with E-state index in [2.05, 4.69) is 10.2 Å². The van der Waals surface area contributed by atoms with Gasteiger partial charge in [0.2, 0.25) is 0 Å². The highest BCUT2D eigenvalue weighted by molar-refractivity contribution is 6.01. The summed E-state index contributed by atoms with van der Waals surface area (Å²) in [5.74, 6) is -1.04. The molecule has 1 atom stereocenters. The first kappa shape index (κ1) is 15.3. The molecule has 1 fully saturated rings. The molecule has 1 aliphatic rings. The molecule has 6 heteroatoms. The number of rotatable bonds is 4. The highest BCUT2D eigenvalue weighted by Crippen LogP contribution is 2.19. The normalized spacial score (nSPS) is 18.5. The van der Waals surface area contributed by atoms with E-state index in [4.69, 9.17) is 5.11 Å². The minimum Gasteiger partial charge on any atom is -0.478 e. The van der Waals surface area contributed by atoms with Crippen molar-refractivity contribution in [2.24, 2.45) is 0 Å². The summed E-state index contributed by atoms with van der Waals surface area (Å²) >= 11 is 0. The standard InChI is InChI=1S/C15H21N3O3/c1-17-9-5-6-11(17)10-16-15(21)18(2)13-8-4-3-7-12(13)14(19)20/h3-4,7-8,11H,5-6,9-10H2,1-2H3,(H,16,21)(H,19,20). The smallest absolute Gasteiger partial charge is 0.337 e. The average molecular weight is 291 g/mol. The van der Waals surface area contributed by atoms with E-state index in [-0.39, 0.29) is 11.6 Å². The molecule has 2 rings (SSSR count). The van der Waals surface area contributed by atoms with Crippen LogP contribution in [0, 0.1) is 0 Å². The van der Waals surface area contributed by atoms with Gasteiger partial charge in [-0.1, -0.05) is 12.1 Å². The second-order valence-electron chi connectivity index (χ2n) is 5.34. The summed E-state index contributed by atoms with van der Waals surface area (Å²) in [4.78, 5) is 27.0. The Morgan fingerprint density at radius 2 is 2.14 bits per heavy atom. The highest BCUT2D eigenvalue weighted by atomic mass is 16.4. The number of para-hydroxylation sites is 1. The fourth-order valence-electron chi connectivity index (χ4n) is 2.62. The number of anilines is 1. The number of benzene rings is 1. The van der Waals surface area contributed by atoms with E-state index in [1.54, 1.807) is 25.2 Å². The number of nitrogens with zero attached hydrogens (tertiary/aromatic N) is 2. The van der Waals surface area contributed by atoms with Gasteiger partial charge in [-0.2, -0.15) is 0 Å². The molecule has 2 amide bonds. The number of carbonyl (C=O) groups excluding carboxylic acids is 1. The number of amides is 2. The summed E-state index contributed by atoms with van der Waals surface area (Å²) in [6.45, 7) is 1.63. The van der Waals surface area contributed by atoms with Gasteiger partial charge >= 0.3 is 12.0 Å². The topological polar surface area (TPSA) is 72.9 Å². The van der Waals surface area contributed by atoms with Gasteiger partial charge < -0.3 is 15.3 Å². The summed E-state index contributed by atoms with van der Waals surface area (Å²) in [6, 6.07) is 6.56. The summed E-state index contributed by atoms with van der Waals surface area (Å²) in [6.07, 6.45) is 2.22. The Kier molecular flexibility index (Phi) is 4.80. The van der Waals surface area contributed by atoms with Crippen molar-refractivity contribution in [1.29, 1.82) is 0 Å². The Bertz CT molecular complexity index is 533. The van der Waals surface area contributed by atoms with Crippen molar-refractivity contribution >= 4 is 17.7 Å². The molecule has 0 saturated carbocycles. The minimum absolute atomic E-state index is 0.119. The second kappa shape index (κ2) is 6.58. The Morgan fingerprint density at radius 3 is 2.76 bits per heavy atom. The highest BCUT2D eigenvalue weighted by Gasteiger charge is 2.23. The predicted octanol–water partition coefficient (Wildman–Crippen LogP) is 1.62. The third kappa shape index (κ3) is 3.52. The van der Waals surface area contributed by atoms with Crippen molar-refractivity contribution in [1.82, 2.24) is 10.2 Å². The molecule has 1 saturated heterocycles. The maximum absolute atomic E-state index is 12.2. The van der Waals surface area contributed by atoms with Crippen LogP contribution in [-0.4, -0.2) is 55.2 Å². The van der Waals surface area contributed by atoms with Crippen molar-refractivity contribution in [2.45, 2.75) is 18.9 Å². The van der Waals surface area contributed by atoms with E-state index in [1.165, 1.54) is 11.0 Å². The lowest BCUT2D eigenvalue weighted by Crippen LogP contribution is -2.44. The fraction of sp³-hybridized carbons (Fsp3) is 0.467. The van der Waals surface area contributed by atoms with Crippen molar-refractivity contribution in [3.63, 3.8) is 0 Å². The van der Waals surface area contributed by atoms with Crippen LogP contribution in [0.3, 0.4) is 0 Å².